The van der Waals surface area contributed by atoms with Crippen molar-refractivity contribution >= 4 is 5.91 Å². The quantitative estimate of drug-likeness (QED) is 0.865. The third-order valence-electron chi connectivity index (χ3n) is 4.38. The van der Waals surface area contributed by atoms with Crippen molar-refractivity contribution in [3.05, 3.63) is 0 Å². The Hall–Kier alpha value is -0.780. The molecule has 0 bridgehead atoms. The molecule has 124 valence electrons. The van der Waals surface area contributed by atoms with Gasteiger partial charge in [0.15, 0.2) is 0 Å². The van der Waals surface area contributed by atoms with Crippen LogP contribution in [0.4, 0.5) is 13.2 Å². The molecule has 0 aliphatic carbocycles. The molecule has 0 saturated carbocycles. The van der Waals surface area contributed by atoms with Gasteiger partial charge in [-0.3, -0.25) is 4.79 Å². The molecule has 1 fully saturated rings. The van der Waals surface area contributed by atoms with Gasteiger partial charge in [0.25, 0.3) is 0 Å². The average molecular weight is 308 g/mol. The molecule has 1 unspecified atom stereocenters. The molecule has 1 aliphatic rings. The van der Waals surface area contributed by atoms with Crippen LogP contribution in [0, 0.1) is 11.3 Å². The zero-order valence-corrected chi connectivity index (χ0v) is 13.4. The first-order valence-electron chi connectivity index (χ1n) is 7.57. The summed E-state index contributed by atoms with van der Waals surface area (Å²) in [7, 11) is 0. The minimum atomic E-state index is -4.34. The predicted molar refractivity (Wildman–Crippen MR) is 76.9 cm³/mol. The second kappa shape index (κ2) is 6.99. The van der Waals surface area contributed by atoms with E-state index in [9.17, 15) is 18.0 Å². The summed E-state index contributed by atoms with van der Waals surface area (Å²) in [5.74, 6) is -0.330. The number of alkyl halides is 3. The summed E-state index contributed by atoms with van der Waals surface area (Å²) in [6.45, 7) is 8.14. The van der Waals surface area contributed by atoms with Gasteiger partial charge in [0, 0.05) is 12.5 Å². The molecule has 0 radical (unpaired) electrons. The Kier molecular flexibility index (Phi) is 6.08. The molecule has 6 heteroatoms. The number of carbonyl (C=O) groups excluding carboxylic acids is 1. The summed E-state index contributed by atoms with van der Waals surface area (Å²) >= 11 is 0. The number of hydrogen-bond donors (Lipinski definition) is 1. The Balaban J connectivity index is 2.77. The summed E-state index contributed by atoms with van der Waals surface area (Å²) in [4.78, 5) is 13.4. The SMILES string of the molecule is CC(CC(=O)N(CC(F)(F)F)C1CCNCC1)C(C)(C)C. The lowest BCUT2D eigenvalue weighted by Gasteiger charge is -2.37. The van der Waals surface area contributed by atoms with Crippen LogP contribution in [0.2, 0.25) is 0 Å². The lowest BCUT2D eigenvalue weighted by Crippen LogP contribution is -2.50. The number of hydrogen-bond acceptors (Lipinski definition) is 2. The number of nitrogens with one attached hydrogen (secondary N) is 1. The van der Waals surface area contributed by atoms with Gasteiger partial charge in [-0.15, -0.1) is 0 Å². The maximum atomic E-state index is 12.8. The normalized spacial score (nSPS) is 19.4. The van der Waals surface area contributed by atoms with Crippen molar-refractivity contribution < 1.29 is 18.0 Å². The predicted octanol–water partition coefficient (Wildman–Crippen LogP) is 3.20. The van der Waals surface area contributed by atoms with Crippen LogP contribution >= 0.6 is 0 Å². The van der Waals surface area contributed by atoms with E-state index in [0.717, 1.165) is 4.90 Å². The monoisotopic (exact) mass is 308 g/mol. The van der Waals surface area contributed by atoms with Gasteiger partial charge in [-0.25, -0.2) is 0 Å². The number of piperidine rings is 1. The zero-order valence-electron chi connectivity index (χ0n) is 13.4. The zero-order chi connectivity index (χ0) is 16.3. The van der Waals surface area contributed by atoms with Gasteiger partial charge < -0.3 is 10.2 Å². The third kappa shape index (κ3) is 6.24. The van der Waals surface area contributed by atoms with E-state index in [-0.39, 0.29) is 29.7 Å². The van der Waals surface area contributed by atoms with Crippen molar-refractivity contribution in [2.45, 2.75) is 59.2 Å². The third-order valence-corrected chi connectivity index (χ3v) is 4.38. The van der Waals surface area contributed by atoms with Gasteiger partial charge in [-0.05, 0) is 37.3 Å². The van der Waals surface area contributed by atoms with Crippen LogP contribution in [0.15, 0.2) is 0 Å². The molecule has 21 heavy (non-hydrogen) atoms. The van der Waals surface area contributed by atoms with E-state index in [1.165, 1.54) is 0 Å². The molecule has 0 spiro atoms. The van der Waals surface area contributed by atoms with Crippen LogP contribution in [-0.2, 0) is 4.79 Å². The van der Waals surface area contributed by atoms with Crippen LogP contribution in [0.3, 0.4) is 0 Å². The molecule has 1 rings (SSSR count). The maximum Gasteiger partial charge on any atom is 0.406 e. The first-order chi connectivity index (χ1) is 9.50. The molecular formula is C15H27F3N2O. The number of rotatable bonds is 4. The van der Waals surface area contributed by atoms with Crippen LogP contribution < -0.4 is 5.32 Å². The van der Waals surface area contributed by atoms with E-state index >= 15 is 0 Å². The first kappa shape index (κ1) is 18.3. The summed E-state index contributed by atoms with van der Waals surface area (Å²) in [5.41, 5.74) is -0.0896. The summed E-state index contributed by atoms with van der Waals surface area (Å²) in [6, 6.07) is -0.299. The van der Waals surface area contributed by atoms with Crippen LogP contribution in [0.1, 0.15) is 47.0 Å². The standard InChI is InChI=1S/C15H27F3N2O/c1-11(14(2,3)4)9-13(21)20(10-15(16,17)18)12-5-7-19-8-6-12/h11-12,19H,5-10H2,1-4H3. The highest BCUT2D eigenvalue weighted by Crippen LogP contribution is 2.30. The van der Waals surface area contributed by atoms with Crippen molar-refractivity contribution in [1.29, 1.82) is 0 Å². The van der Waals surface area contributed by atoms with Crippen LogP contribution in [0.25, 0.3) is 0 Å². The average Bonchev–Trinajstić information content (AvgIpc) is 2.34. The molecule has 1 saturated heterocycles. The topological polar surface area (TPSA) is 32.3 Å². The number of amides is 1. The van der Waals surface area contributed by atoms with Gasteiger partial charge in [-0.2, -0.15) is 13.2 Å². The molecule has 1 aliphatic heterocycles. The fourth-order valence-electron chi connectivity index (χ4n) is 2.42. The fourth-order valence-corrected chi connectivity index (χ4v) is 2.42. The molecule has 0 aromatic heterocycles. The van der Waals surface area contributed by atoms with E-state index in [1.807, 2.05) is 27.7 Å². The lowest BCUT2D eigenvalue weighted by molar-refractivity contribution is -0.167. The van der Waals surface area contributed by atoms with Crippen molar-refractivity contribution in [3.8, 4) is 0 Å². The highest BCUT2D eigenvalue weighted by atomic mass is 19.4. The Morgan fingerprint density at radius 2 is 1.76 bits per heavy atom. The van der Waals surface area contributed by atoms with Gasteiger partial charge in [-0.1, -0.05) is 27.7 Å². The van der Waals surface area contributed by atoms with E-state index < -0.39 is 12.7 Å². The lowest BCUT2D eigenvalue weighted by atomic mass is 9.80. The molecule has 3 nitrogen and oxygen atoms in total. The molecule has 1 atom stereocenters. The molecule has 1 N–H and O–H groups in total. The van der Waals surface area contributed by atoms with E-state index in [1.54, 1.807) is 0 Å². The van der Waals surface area contributed by atoms with Crippen molar-refractivity contribution in [3.63, 3.8) is 0 Å². The first-order valence-corrected chi connectivity index (χ1v) is 7.57. The van der Waals surface area contributed by atoms with Crippen molar-refractivity contribution in [1.82, 2.24) is 10.2 Å². The number of carbonyl (C=O) groups is 1. The Bertz CT molecular complexity index is 344. The molecule has 0 aromatic rings. The summed E-state index contributed by atoms with van der Waals surface area (Å²) in [5, 5.41) is 3.12. The van der Waals surface area contributed by atoms with Crippen LogP contribution in [0.5, 0.6) is 0 Å². The molecule has 1 heterocycles. The second-order valence-electron chi connectivity index (χ2n) is 7.09. The van der Waals surface area contributed by atoms with E-state index in [0.29, 0.717) is 25.9 Å². The van der Waals surface area contributed by atoms with E-state index in [2.05, 4.69) is 5.32 Å². The summed E-state index contributed by atoms with van der Waals surface area (Å²) in [6.07, 6.45) is -2.99. The van der Waals surface area contributed by atoms with E-state index in [4.69, 9.17) is 0 Å². The van der Waals surface area contributed by atoms with Gasteiger partial charge in [0.1, 0.15) is 6.54 Å². The highest BCUT2D eigenvalue weighted by Gasteiger charge is 2.37. The summed E-state index contributed by atoms with van der Waals surface area (Å²) < 4.78 is 38.3. The Morgan fingerprint density at radius 1 is 1.24 bits per heavy atom. The van der Waals surface area contributed by atoms with Crippen molar-refractivity contribution in [2.75, 3.05) is 19.6 Å². The minimum Gasteiger partial charge on any atom is -0.331 e. The highest BCUT2D eigenvalue weighted by molar-refractivity contribution is 5.77. The Labute approximate surface area is 125 Å². The second-order valence-corrected chi connectivity index (χ2v) is 7.09. The smallest absolute Gasteiger partial charge is 0.331 e. The molecule has 0 aromatic carbocycles. The number of halogens is 3. The van der Waals surface area contributed by atoms with Gasteiger partial charge >= 0.3 is 6.18 Å². The van der Waals surface area contributed by atoms with Gasteiger partial charge in [0.2, 0.25) is 5.91 Å². The van der Waals surface area contributed by atoms with Gasteiger partial charge in [0.05, 0.1) is 0 Å². The Morgan fingerprint density at radius 3 is 2.19 bits per heavy atom. The molecule has 1 amide bonds. The number of nitrogens with zero attached hydrogens (tertiary/aromatic N) is 1. The van der Waals surface area contributed by atoms with Crippen LogP contribution in [-0.4, -0.2) is 42.7 Å². The fraction of sp³-hybridized carbons (Fsp3) is 0.933. The maximum absolute atomic E-state index is 12.8. The molecular weight excluding hydrogens is 281 g/mol. The minimum absolute atomic E-state index is 0.0439. The largest absolute Gasteiger partial charge is 0.406 e. The van der Waals surface area contributed by atoms with Crippen molar-refractivity contribution in [2.24, 2.45) is 11.3 Å².